The maximum Gasteiger partial charge on any atom is 0.167 e. The fourth-order valence-electron chi connectivity index (χ4n) is 6.75. The van der Waals surface area contributed by atoms with Gasteiger partial charge in [-0.3, -0.25) is 9.47 Å². The molecule has 2 aliphatic rings. The molecule has 5 N–H and O–H groups in total. The van der Waals surface area contributed by atoms with Gasteiger partial charge in [0, 0.05) is 37.6 Å². The summed E-state index contributed by atoms with van der Waals surface area (Å²) in [6.07, 6.45) is 3.53. The first-order valence-electron chi connectivity index (χ1n) is 15.2. The number of aromatic nitrogens is 6. The van der Waals surface area contributed by atoms with Crippen molar-refractivity contribution < 1.29 is 19.7 Å². The summed E-state index contributed by atoms with van der Waals surface area (Å²) in [5.74, 6) is 1.91. The smallest absolute Gasteiger partial charge is 0.167 e. The molecule has 4 aromatic rings. The van der Waals surface area contributed by atoms with Crippen LogP contribution in [0.5, 0.6) is 0 Å². The highest BCUT2D eigenvalue weighted by Gasteiger charge is 2.46. The summed E-state index contributed by atoms with van der Waals surface area (Å²) in [7, 11) is 1.74. The van der Waals surface area contributed by atoms with E-state index in [1.165, 1.54) is 18.2 Å². The second-order valence-electron chi connectivity index (χ2n) is 13.2. The number of aromatic amines is 1. The van der Waals surface area contributed by atoms with E-state index in [0.717, 1.165) is 42.5 Å². The highest BCUT2D eigenvalue weighted by atomic mass is 16.6. The molecule has 6 rings (SSSR count). The lowest BCUT2D eigenvalue weighted by atomic mass is 9.76. The zero-order valence-electron chi connectivity index (χ0n) is 25.6. The number of hydrogen-bond donors (Lipinski definition) is 4. The molecule has 2 fully saturated rings. The van der Waals surface area contributed by atoms with Crippen molar-refractivity contribution in [2.45, 2.75) is 95.4 Å². The summed E-state index contributed by atoms with van der Waals surface area (Å²) >= 11 is 0. The zero-order valence-corrected chi connectivity index (χ0v) is 25.6. The number of methoxy groups -OCH3 is 1. The SMILES string of the molecule is COCC(C)(C)c1ccc2nc(CCC3CC(N(C[C@H]4O[C@@H](n5cnc6c(N)ncnc65)[C@@H](O)[C@H]4O)C(C)C)C3)[nH]c2c1. The number of imidazole rings is 2. The Morgan fingerprint density at radius 1 is 1.19 bits per heavy atom. The lowest BCUT2D eigenvalue weighted by Gasteiger charge is -2.46. The summed E-state index contributed by atoms with van der Waals surface area (Å²) in [6, 6.07) is 7.12. The van der Waals surface area contributed by atoms with Crippen LogP contribution in [0, 0.1) is 5.92 Å². The van der Waals surface area contributed by atoms with Gasteiger partial charge in [-0.05, 0) is 56.7 Å². The summed E-state index contributed by atoms with van der Waals surface area (Å²) < 4.78 is 13.3. The van der Waals surface area contributed by atoms with Crippen LogP contribution in [0.15, 0.2) is 30.9 Å². The minimum absolute atomic E-state index is 0.0621. The highest BCUT2D eigenvalue weighted by Crippen LogP contribution is 2.38. The number of benzene rings is 1. The largest absolute Gasteiger partial charge is 0.387 e. The van der Waals surface area contributed by atoms with Crippen LogP contribution in [-0.4, -0.2) is 95.3 Å². The predicted octanol–water partition coefficient (Wildman–Crippen LogP) is 2.95. The van der Waals surface area contributed by atoms with Crippen molar-refractivity contribution in [3.05, 3.63) is 42.2 Å². The van der Waals surface area contributed by atoms with E-state index >= 15 is 0 Å². The van der Waals surface area contributed by atoms with E-state index in [9.17, 15) is 10.2 Å². The van der Waals surface area contributed by atoms with E-state index < -0.39 is 24.5 Å². The number of hydrogen-bond acceptors (Lipinski definition) is 10. The van der Waals surface area contributed by atoms with Gasteiger partial charge in [0.15, 0.2) is 17.7 Å². The van der Waals surface area contributed by atoms with Crippen molar-refractivity contribution in [3.8, 4) is 0 Å². The molecule has 1 saturated carbocycles. The molecule has 1 saturated heterocycles. The van der Waals surface area contributed by atoms with E-state index in [-0.39, 0.29) is 17.3 Å². The normalized spacial score (nSPS) is 26.3. The minimum Gasteiger partial charge on any atom is -0.387 e. The van der Waals surface area contributed by atoms with Gasteiger partial charge >= 0.3 is 0 Å². The monoisotopic (exact) mass is 592 g/mol. The third-order valence-electron chi connectivity index (χ3n) is 9.34. The Labute approximate surface area is 251 Å². The van der Waals surface area contributed by atoms with E-state index in [1.54, 1.807) is 11.7 Å². The molecule has 12 heteroatoms. The quantitative estimate of drug-likeness (QED) is 0.204. The molecule has 3 aromatic heterocycles. The minimum atomic E-state index is -1.12. The van der Waals surface area contributed by atoms with E-state index in [0.29, 0.717) is 36.3 Å². The van der Waals surface area contributed by atoms with Crippen LogP contribution < -0.4 is 5.73 Å². The molecule has 1 aromatic carbocycles. The van der Waals surface area contributed by atoms with Gasteiger partial charge in [0.1, 0.15) is 36.0 Å². The fourth-order valence-corrected chi connectivity index (χ4v) is 6.75. The third kappa shape index (κ3) is 5.74. The number of aliphatic hydroxyl groups is 2. The van der Waals surface area contributed by atoms with Gasteiger partial charge in [-0.1, -0.05) is 19.9 Å². The standard InChI is InChI=1S/C31H44N8O4/c1-17(2)38(13-23-26(40)27(41)30(43-23)39-16-35-25-28(32)33-15-34-29(25)39)20-10-18(11-20)6-9-24-36-21-8-7-19(12-22(21)37-24)31(3,4)14-42-5/h7-8,12,15-18,20,23,26-27,30,40-41H,6,9-11,13-14H2,1-5H3,(H,36,37)(H2,32,33,34)/t18?,20?,23-,26+,27+,30-/m1/s1. The number of nitrogens with one attached hydrogen (secondary N) is 1. The van der Waals surface area contributed by atoms with Crippen LogP contribution in [0.1, 0.15) is 64.6 Å². The van der Waals surface area contributed by atoms with Gasteiger partial charge in [-0.2, -0.15) is 0 Å². The number of nitrogens with two attached hydrogens (primary N) is 1. The Bertz CT molecular complexity index is 1560. The molecule has 43 heavy (non-hydrogen) atoms. The van der Waals surface area contributed by atoms with E-state index in [2.05, 4.69) is 70.7 Å². The Kier molecular flexibility index (Phi) is 8.16. The molecule has 0 unspecified atom stereocenters. The van der Waals surface area contributed by atoms with Crippen molar-refractivity contribution in [3.63, 3.8) is 0 Å². The van der Waals surface area contributed by atoms with Gasteiger partial charge in [0.25, 0.3) is 0 Å². The number of ether oxygens (including phenoxy) is 2. The molecular weight excluding hydrogens is 548 g/mol. The van der Waals surface area contributed by atoms with Crippen molar-refractivity contribution in [1.82, 2.24) is 34.4 Å². The topological polar surface area (TPSA) is 160 Å². The average molecular weight is 593 g/mol. The molecular formula is C31H44N8O4. The zero-order chi connectivity index (χ0) is 30.5. The molecule has 12 nitrogen and oxygen atoms in total. The molecule has 1 aliphatic carbocycles. The molecule has 0 radical (unpaired) electrons. The van der Waals surface area contributed by atoms with Crippen LogP contribution in [0.3, 0.4) is 0 Å². The Balaban J connectivity index is 1.05. The lowest BCUT2D eigenvalue weighted by molar-refractivity contribution is -0.0620. The average Bonchev–Trinajstić information content (AvgIpc) is 3.63. The lowest BCUT2D eigenvalue weighted by Crippen LogP contribution is -2.52. The van der Waals surface area contributed by atoms with Crippen molar-refractivity contribution in [2.24, 2.45) is 5.92 Å². The molecule has 232 valence electrons. The number of anilines is 1. The number of nitrogen functional groups attached to an aromatic ring is 1. The van der Waals surface area contributed by atoms with Crippen LogP contribution in [0.25, 0.3) is 22.2 Å². The summed E-state index contributed by atoms with van der Waals surface area (Å²) in [6.45, 7) is 9.91. The summed E-state index contributed by atoms with van der Waals surface area (Å²) in [5.41, 5.74) is 10.1. The van der Waals surface area contributed by atoms with E-state index in [4.69, 9.17) is 20.2 Å². The second-order valence-corrected chi connectivity index (χ2v) is 13.2. The number of nitrogens with zero attached hydrogens (tertiary/aromatic N) is 6. The maximum atomic E-state index is 11.0. The number of aliphatic hydroxyl groups excluding tert-OH is 2. The third-order valence-corrected chi connectivity index (χ3v) is 9.34. The number of aryl methyl sites for hydroxylation is 1. The van der Waals surface area contributed by atoms with Crippen LogP contribution >= 0.6 is 0 Å². The molecule has 4 heterocycles. The van der Waals surface area contributed by atoms with Crippen LogP contribution in [0.4, 0.5) is 5.82 Å². The van der Waals surface area contributed by atoms with Crippen molar-refractivity contribution in [2.75, 3.05) is 26.0 Å². The number of rotatable bonds is 11. The first kappa shape index (κ1) is 29.9. The van der Waals surface area contributed by atoms with Gasteiger partial charge in [0.2, 0.25) is 0 Å². The van der Waals surface area contributed by atoms with Crippen LogP contribution in [-0.2, 0) is 21.3 Å². The highest BCUT2D eigenvalue weighted by molar-refractivity contribution is 5.81. The van der Waals surface area contributed by atoms with E-state index in [1.807, 2.05) is 0 Å². The van der Waals surface area contributed by atoms with Crippen LogP contribution in [0.2, 0.25) is 0 Å². The molecule has 0 spiro atoms. The van der Waals surface area contributed by atoms with Gasteiger partial charge < -0.3 is 30.4 Å². The Morgan fingerprint density at radius 3 is 2.72 bits per heavy atom. The molecule has 4 atom stereocenters. The van der Waals surface area contributed by atoms with Gasteiger partial charge in [-0.15, -0.1) is 0 Å². The predicted molar refractivity (Wildman–Crippen MR) is 163 cm³/mol. The number of H-pyrrole nitrogens is 1. The molecule has 0 amide bonds. The van der Waals surface area contributed by atoms with Crippen molar-refractivity contribution >= 4 is 28.0 Å². The van der Waals surface area contributed by atoms with Crippen molar-refractivity contribution in [1.29, 1.82) is 0 Å². The maximum absolute atomic E-state index is 11.0. The fraction of sp³-hybridized carbons (Fsp3) is 0.613. The molecule has 0 bridgehead atoms. The Hall–Kier alpha value is -3.16. The molecule has 1 aliphatic heterocycles. The first-order valence-corrected chi connectivity index (χ1v) is 15.2. The second kappa shape index (κ2) is 11.7. The van der Waals surface area contributed by atoms with Gasteiger partial charge in [0.05, 0.1) is 24.0 Å². The summed E-state index contributed by atoms with van der Waals surface area (Å²) in [4.78, 5) is 23.3. The summed E-state index contributed by atoms with van der Waals surface area (Å²) in [5, 5.41) is 21.9. The Morgan fingerprint density at radius 2 is 1.98 bits per heavy atom. The van der Waals surface area contributed by atoms with Gasteiger partial charge in [-0.25, -0.2) is 19.9 Å². The first-order chi connectivity index (χ1) is 20.6. The number of fused-ring (bicyclic) bond motifs is 2.